The number of pyridine rings is 1. The third-order valence-corrected chi connectivity index (χ3v) is 4.32. The highest BCUT2D eigenvalue weighted by Gasteiger charge is 2.14. The Morgan fingerprint density at radius 1 is 1.35 bits per heavy atom. The van der Waals surface area contributed by atoms with Gasteiger partial charge < -0.3 is 10.2 Å². The van der Waals surface area contributed by atoms with Gasteiger partial charge in [0.15, 0.2) is 0 Å². The molecule has 1 aromatic rings. The van der Waals surface area contributed by atoms with E-state index in [0.29, 0.717) is 19.4 Å². The summed E-state index contributed by atoms with van der Waals surface area (Å²) in [6, 6.07) is 4.19. The van der Waals surface area contributed by atoms with Crippen LogP contribution in [-0.2, 0) is 22.5 Å². The number of nitrogens with one attached hydrogen (secondary N) is 1. The van der Waals surface area contributed by atoms with Crippen LogP contribution in [0.3, 0.4) is 0 Å². The lowest BCUT2D eigenvalue weighted by molar-refractivity contribution is -0.192. The fourth-order valence-corrected chi connectivity index (χ4v) is 2.94. The number of carbonyl (C=O) groups is 1. The number of hydroxylamine groups is 2. The van der Waals surface area contributed by atoms with Gasteiger partial charge in [0.1, 0.15) is 5.82 Å². The first kappa shape index (κ1) is 20.6. The third kappa shape index (κ3) is 7.23. The number of unbranched alkanes of at least 4 members (excludes halogenated alkanes) is 1. The molecule has 7 heteroatoms. The van der Waals surface area contributed by atoms with Crippen LogP contribution in [-0.4, -0.2) is 42.1 Å². The molecule has 1 aromatic heterocycles. The second kappa shape index (κ2) is 11.1. The summed E-state index contributed by atoms with van der Waals surface area (Å²) in [6.45, 7) is 3.37. The van der Waals surface area contributed by atoms with Gasteiger partial charge in [-0.05, 0) is 50.2 Å². The number of hydrogen-bond donors (Lipinski definition) is 1. The maximum atomic E-state index is 12.4. The summed E-state index contributed by atoms with van der Waals surface area (Å²) in [6.07, 6.45) is 2.94. The molecule has 2 rings (SSSR count). The molecule has 26 heavy (non-hydrogen) atoms. The molecule has 0 aromatic carbocycles. The minimum Gasteiger partial charge on any atom is -0.370 e. The minimum absolute atomic E-state index is 0.0636. The van der Waals surface area contributed by atoms with Crippen LogP contribution in [0, 0.1) is 0 Å². The molecule has 0 radical (unpaired) electrons. The SMILES string of the molecule is CCCC(=O)ON(CCCCc1ccc2c(n1)NCCC2)CCC(F)F. The second-order valence-electron chi connectivity index (χ2n) is 6.62. The molecule has 146 valence electrons. The highest BCUT2D eigenvalue weighted by molar-refractivity contribution is 5.68. The lowest BCUT2D eigenvalue weighted by Crippen LogP contribution is -2.30. The van der Waals surface area contributed by atoms with Crippen LogP contribution in [0.5, 0.6) is 0 Å². The lowest BCUT2D eigenvalue weighted by atomic mass is 10.1. The average molecular weight is 369 g/mol. The molecule has 0 spiro atoms. The van der Waals surface area contributed by atoms with Gasteiger partial charge in [-0.2, -0.15) is 0 Å². The third-order valence-electron chi connectivity index (χ3n) is 4.32. The molecule has 0 bridgehead atoms. The fourth-order valence-electron chi connectivity index (χ4n) is 2.94. The second-order valence-corrected chi connectivity index (χ2v) is 6.62. The van der Waals surface area contributed by atoms with Crippen molar-refractivity contribution in [2.45, 2.75) is 64.7 Å². The number of aryl methyl sites for hydroxylation is 2. The zero-order valence-electron chi connectivity index (χ0n) is 15.5. The molecule has 1 aliphatic rings. The van der Waals surface area contributed by atoms with Gasteiger partial charge in [-0.15, -0.1) is 5.06 Å². The van der Waals surface area contributed by atoms with E-state index in [1.807, 2.05) is 6.92 Å². The largest absolute Gasteiger partial charge is 0.370 e. The van der Waals surface area contributed by atoms with E-state index in [4.69, 9.17) is 4.84 Å². The first-order valence-electron chi connectivity index (χ1n) is 9.55. The zero-order valence-corrected chi connectivity index (χ0v) is 15.5. The van der Waals surface area contributed by atoms with E-state index >= 15 is 0 Å². The van der Waals surface area contributed by atoms with Crippen LogP contribution >= 0.6 is 0 Å². The molecule has 5 nitrogen and oxygen atoms in total. The molecule has 0 saturated carbocycles. The number of carbonyl (C=O) groups excluding carboxylic acids is 1. The molecule has 0 saturated heterocycles. The van der Waals surface area contributed by atoms with Crippen LogP contribution < -0.4 is 5.32 Å². The van der Waals surface area contributed by atoms with Gasteiger partial charge >= 0.3 is 5.97 Å². The summed E-state index contributed by atoms with van der Waals surface area (Å²) in [7, 11) is 0. The fraction of sp³-hybridized carbons (Fsp3) is 0.684. The standard InChI is InChI=1S/C19H29F2N3O2/c1-2-6-18(25)26-24(14-11-17(20)21)13-4-3-8-16-10-9-15-7-5-12-22-19(15)23-16/h9-10,17H,2-8,11-14H2,1H3,(H,22,23). The van der Waals surface area contributed by atoms with Crippen molar-refractivity contribution in [2.24, 2.45) is 0 Å². The van der Waals surface area contributed by atoms with Gasteiger partial charge in [0, 0.05) is 38.2 Å². The smallest absolute Gasteiger partial charge is 0.325 e. The van der Waals surface area contributed by atoms with E-state index in [2.05, 4.69) is 22.4 Å². The van der Waals surface area contributed by atoms with E-state index in [0.717, 1.165) is 50.2 Å². The van der Waals surface area contributed by atoms with Crippen LogP contribution in [0.4, 0.5) is 14.6 Å². The average Bonchev–Trinajstić information content (AvgIpc) is 2.63. The highest BCUT2D eigenvalue weighted by Crippen LogP contribution is 2.20. The Labute approximate surface area is 154 Å². The van der Waals surface area contributed by atoms with E-state index in [1.165, 1.54) is 10.6 Å². The summed E-state index contributed by atoms with van der Waals surface area (Å²) >= 11 is 0. The Morgan fingerprint density at radius 3 is 2.96 bits per heavy atom. The molecule has 0 unspecified atom stereocenters. The highest BCUT2D eigenvalue weighted by atomic mass is 19.3. The molecule has 1 aliphatic heterocycles. The van der Waals surface area contributed by atoms with Gasteiger partial charge in [-0.25, -0.2) is 13.8 Å². The van der Waals surface area contributed by atoms with E-state index in [-0.39, 0.29) is 18.9 Å². The first-order chi connectivity index (χ1) is 12.6. The number of anilines is 1. The maximum Gasteiger partial charge on any atom is 0.325 e. The number of alkyl halides is 2. The zero-order chi connectivity index (χ0) is 18.8. The minimum atomic E-state index is -2.39. The van der Waals surface area contributed by atoms with Gasteiger partial charge in [0.25, 0.3) is 0 Å². The van der Waals surface area contributed by atoms with Crippen molar-refractivity contribution in [1.82, 2.24) is 10.0 Å². The van der Waals surface area contributed by atoms with Crippen molar-refractivity contribution in [3.05, 3.63) is 23.4 Å². The van der Waals surface area contributed by atoms with Gasteiger partial charge in [0.05, 0.1) is 0 Å². The van der Waals surface area contributed by atoms with Crippen LogP contribution in [0.2, 0.25) is 0 Å². The summed E-state index contributed by atoms with van der Waals surface area (Å²) < 4.78 is 24.9. The molecule has 0 aliphatic carbocycles. The molecule has 0 amide bonds. The van der Waals surface area contributed by atoms with Gasteiger partial charge in [0.2, 0.25) is 6.43 Å². The summed E-state index contributed by atoms with van der Waals surface area (Å²) in [5.74, 6) is 0.630. The van der Waals surface area contributed by atoms with Crippen molar-refractivity contribution in [1.29, 1.82) is 0 Å². The summed E-state index contributed by atoms with van der Waals surface area (Å²) in [5.41, 5.74) is 2.29. The summed E-state index contributed by atoms with van der Waals surface area (Å²) in [5, 5.41) is 4.71. The normalized spacial score (nSPS) is 13.6. The Balaban J connectivity index is 1.75. The number of fused-ring (bicyclic) bond motifs is 1. The topological polar surface area (TPSA) is 54.5 Å². The Bertz CT molecular complexity index is 570. The van der Waals surface area contributed by atoms with Crippen molar-refractivity contribution in [3.8, 4) is 0 Å². The molecule has 0 fully saturated rings. The van der Waals surface area contributed by atoms with Crippen molar-refractivity contribution < 1.29 is 18.4 Å². The predicted octanol–water partition coefficient (Wildman–Crippen LogP) is 3.98. The van der Waals surface area contributed by atoms with Gasteiger partial charge in [-0.1, -0.05) is 13.0 Å². The number of aromatic nitrogens is 1. The molecule has 0 atom stereocenters. The van der Waals surface area contributed by atoms with E-state index < -0.39 is 6.43 Å². The van der Waals surface area contributed by atoms with Crippen LogP contribution in [0.1, 0.15) is 56.7 Å². The molecule has 2 heterocycles. The monoisotopic (exact) mass is 369 g/mol. The Morgan fingerprint density at radius 2 is 2.19 bits per heavy atom. The quantitative estimate of drug-likeness (QED) is 0.472. The van der Waals surface area contributed by atoms with Crippen LogP contribution in [0.15, 0.2) is 12.1 Å². The number of halogens is 2. The molecule has 1 N–H and O–H groups in total. The maximum absolute atomic E-state index is 12.4. The molecular formula is C19H29F2N3O2. The van der Waals surface area contributed by atoms with Gasteiger partial charge in [-0.3, -0.25) is 4.79 Å². The summed E-state index contributed by atoms with van der Waals surface area (Å²) in [4.78, 5) is 21.5. The number of rotatable bonds is 11. The Hall–Kier alpha value is -1.76. The first-order valence-corrected chi connectivity index (χ1v) is 9.55. The van der Waals surface area contributed by atoms with Crippen molar-refractivity contribution in [3.63, 3.8) is 0 Å². The predicted molar refractivity (Wildman–Crippen MR) is 97.2 cm³/mol. The van der Waals surface area contributed by atoms with E-state index in [1.54, 1.807) is 0 Å². The lowest BCUT2D eigenvalue weighted by Gasteiger charge is -2.21. The van der Waals surface area contributed by atoms with Crippen LogP contribution in [0.25, 0.3) is 0 Å². The Kier molecular flexibility index (Phi) is 8.74. The van der Waals surface area contributed by atoms with Crippen molar-refractivity contribution in [2.75, 3.05) is 25.0 Å². The number of hydrogen-bond acceptors (Lipinski definition) is 5. The number of nitrogens with zero attached hydrogens (tertiary/aromatic N) is 2. The van der Waals surface area contributed by atoms with Crippen molar-refractivity contribution >= 4 is 11.8 Å². The van der Waals surface area contributed by atoms with E-state index in [9.17, 15) is 13.6 Å². The molecular weight excluding hydrogens is 340 g/mol.